The zero-order valence-corrected chi connectivity index (χ0v) is 18.0. The number of ketones is 1. The van der Waals surface area contributed by atoms with E-state index < -0.39 is 0 Å². The Morgan fingerprint density at radius 3 is 2.77 bits per heavy atom. The summed E-state index contributed by atoms with van der Waals surface area (Å²) < 4.78 is 1.71. The first-order chi connectivity index (χ1) is 14.6. The third-order valence-corrected chi connectivity index (χ3v) is 6.54. The number of rotatable bonds is 7. The molecule has 3 aromatic rings. The van der Waals surface area contributed by atoms with Crippen molar-refractivity contribution in [1.82, 2.24) is 19.9 Å². The van der Waals surface area contributed by atoms with E-state index in [1.165, 1.54) is 43.9 Å². The number of carbonyl (C=O) groups excluding carboxylic acids is 2. The van der Waals surface area contributed by atoms with Crippen LogP contribution in [-0.2, 0) is 11.8 Å². The summed E-state index contributed by atoms with van der Waals surface area (Å²) in [6, 6.07) is 9.35. The lowest BCUT2D eigenvalue weighted by atomic mass is 9.89. The molecule has 0 aliphatic heterocycles. The van der Waals surface area contributed by atoms with Crippen molar-refractivity contribution in [3.05, 3.63) is 54.1 Å². The summed E-state index contributed by atoms with van der Waals surface area (Å²) >= 11 is 1.36. The van der Waals surface area contributed by atoms with Gasteiger partial charge in [0.15, 0.2) is 5.82 Å². The summed E-state index contributed by atoms with van der Waals surface area (Å²) in [5.74, 6) is 1.14. The first-order valence-electron chi connectivity index (χ1n) is 10.4. The molecule has 156 valence electrons. The summed E-state index contributed by atoms with van der Waals surface area (Å²) in [7, 11) is 1.80. The highest BCUT2D eigenvalue weighted by Gasteiger charge is 2.19. The molecule has 1 aliphatic rings. The van der Waals surface area contributed by atoms with Crippen molar-refractivity contribution in [3.8, 4) is 0 Å². The number of aromatic nitrogens is 3. The number of thioether (sulfide) groups is 1. The van der Waals surface area contributed by atoms with Crippen LogP contribution in [0.1, 0.15) is 48.3 Å². The van der Waals surface area contributed by atoms with Crippen LogP contribution in [0.25, 0.3) is 10.9 Å². The van der Waals surface area contributed by atoms with Gasteiger partial charge in [-0.1, -0.05) is 49.2 Å². The van der Waals surface area contributed by atoms with Crippen LogP contribution >= 0.6 is 11.8 Å². The second-order valence-corrected chi connectivity index (χ2v) is 8.81. The third-order valence-electron chi connectivity index (χ3n) is 5.63. The Balaban J connectivity index is 1.48. The monoisotopic (exact) mass is 422 g/mol. The Bertz CT molecular complexity index is 1060. The molecule has 2 heterocycles. The number of hydrogen-bond acceptors (Lipinski definition) is 5. The second-order valence-electron chi connectivity index (χ2n) is 7.81. The lowest BCUT2D eigenvalue weighted by Gasteiger charge is -2.21. The molecule has 1 aromatic carbocycles. The predicted molar refractivity (Wildman–Crippen MR) is 119 cm³/mol. The van der Waals surface area contributed by atoms with Crippen molar-refractivity contribution in [2.24, 2.45) is 13.0 Å². The molecule has 0 atom stereocenters. The standard InChI is InChI=1S/C23H26N4O2S/c1-27-12-11-24-23(27)22(29)18-13-21(26-19-10-6-5-9-17(18)19)30-15-20(28)25-14-16-7-3-2-4-8-16/h5-6,9-13,16H,2-4,7-8,14-15H2,1H3,(H,25,28). The van der Waals surface area contributed by atoms with Crippen LogP contribution in [0.4, 0.5) is 0 Å². The van der Waals surface area contributed by atoms with E-state index in [1.807, 2.05) is 24.3 Å². The average molecular weight is 423 g/mol. The number of carbonyl (C=O) groups is 2. The maximum absolute atomic E-state index is 13.1. The van der Waals surface area contributed by atoms with Gasteiger partial charge in [-0.05, 0) is 30.9 Å². The van der Waals surface area contributed by atoms with Gasteiger partial charge in [-0.3, -0.25) is 9.59 Å². The molecule has 1 fully saturated rings. The Labute approximate surface area is 180 Å². The molecular weight excluding hydrogens is 396 g/mol. The van der Waals surface area contributed by atoms with Crippen molar-refractivity contribution in [2.75, 3.05) is 12.3 Å². The lowest BCUT2D eigenvalue weighted by Crippen LogP contribution is -2.31. The van der Waals surface area contributed by atoms with Crippen LogP contribution < -0.4 is 5.32 Å². The number of nitrogens with one attached hydrogen (secondary N) is 1. The maximum atomic E-state index is 13.1. The lowest BCUT2D eigenvalue weighted by molar-refractivity contribution is -0.118. The highest BCUT2D eigenvalue weighted by molar-refractivity contribution is 7.99. The molecular formula is C23H26N4O2S. The van der Waals surface area contributed by atoms with Gasteiger partial charge in [0.1, 0.15) is 0 Å². The van der Waals surface area contributed by atoms with Crippen molar-refractivity contribution in [3.63, 3.8) is 0 Å². The molecule has 1 aliphatic carbocycles. The molecule has 0 unspecified atom stereocenters. The fourth-order valence-electron chi connectivity index (χ4n) is 3.96. The first kappa shape index (κ1) is 20.6. The third kappa shape index (κ3) is 4.73. The molecule has 2 aromatic heterocycles. The number of aryl methyl sites for hydroxylation is 1. The van der Waals surface area contributed by atoms with Gasteiger partial charge in [0.05, 0.1) is 16.3 Å². The molecule has 0 bridgehead atoms. The normalized spacial score (nSPS) is 14.7. The molecule has 6 nitrogen and oxygen atoms in total. The molecule has 1 amide bonds. The summed E-state index contributed by atoms with van der Waals surface area (Å²) in [4.78, 5) is 34.3. The quantitative estimate of drug-likeness (QED) is 0.460. The maximum Gasteiger partial charge on any atom is 0.230 e. The Morgan fingerprint density at radius 1 is 1.20 bits per heavy atom. The Morgan fingerprint density at radius 2 is 2.00 bits per heavy atom. The molecule has 30 heavy (non-hydrogen) atoms. The van der Waals surface area contributed by atoms with Crippen LogP contribution in [0.2, 0.25) is 0 Å². The minimum atomic E-state index is -0.148. The van der Waals surface area contributed by atoms with Crippen molar-refractivity contribution in [1.29, 1.82) is 0 Å². The Kier molecular flexibility index (Phi) is 6.47. The van der Waals surface area contributed by atoms with Crippen molar-refractivity contribution < 1.29 is 9.59 Å². The van der Waals surface area contributed by atoms with Gasteiger partial charge in [0.2, 0.25) is 11.7 Å². The molecule has 7 heteroatoms. The molecule has 0 radical (unpaired) electrons. The van der Waals surface area contributed by atoms with Crippen LogP contribution in [0.15, 0.2) is 47.8 Å². The zero-order chi connectivity index (χ0) is 20.9. The van der Waals surface area contributed by atoms with Gasteiger partial charge in [0.25, 0.3) is 0 Å². The first-order valence-corrected chi connectivity index (χ1v) is 11.4. The number of nitrogens with zero attached hydrogens (tertiary/aromatic N) is 3. The molecule has 0 saturated heterocycles. The molecule has 0 spiro atoms. The zero-order valence-electron chi connectivity index (χ0n) is 17.1. The fourth-order valence-corrected chi connectivity index (χ4v) is 4.70. The minimum absolute atomic E-state index is 0.0116. The van der Waals surface area contributed by atoms with Gasteiger partial charge < -0.3 is 9.88 Å². The van der Waals surface area contributed by atoms with Crippen LogP contribution in [0.3, 0.4) is 0 Å². The van der Waals surface area contributed by atoms with Crippen LogP contribution in [-0.4, -0.2) is 38.5 Å². The van der Waals surface area contributed by atoms with E-state index in [4.69, 9.17) is 0 Å². The van der Waals surface area contributed by atoms with Gasteiger partial charge in [-0.15, -0.1) is 0 Å². The number of para-hydroxylation sites is 1. The topological polar surface area (TPSA) is 76.9 Å². The summed E-state index contributed by atoms with van der Waals surface area (Å²) in [5.41, 5.74) is 1.29. The van der Waals surface area contributed by atoms with Crippen LogP contribution in [0, 0.1) is 5.92 Å². The van der Waals surface area contributed by atoms with E-state index in [2.05, 4.69) is 15.3 Å². The van der Waals surface area contributed by atoms with Crippen molar-refractivity contribution in [2.45, 2.75) is 37.1 Å². The number of benzene rings is 1. The van der Waals surface area contributed by atoms with E-state index in [1.54, 1.807) is 30.1 Å². The van der Waals surface area contributed by atoms with E-state index in [0.29, 0.717) is 22.3 Å². The van der Waals surface area contributed by atoms with E-state index in [0.717, 1.165) is 17.4 Å². The minimum Gasteiger partial charge on any atom is -0.355 e. The second kappa shape index (κ2) is 9.43. The number of fused-ring (bicyclic) bond motifs is 1. The summed E-state index contributed by atoms with van der Waals surface area (Å²) in [6.07, 6.45) is 9.63. The SMILES string of the molecule is Cn1ccnc1C(=O)c1cc(SCC(=O)NCC2CCCCC2)nc2ccccc12. The van der Waals surface area contributed by atoms with E-state index in [-0.39, 0.29) is 17.4 Å². The van der Waals surface area contributed by atoms with Gasteiger partial charge in [-0.25, -0.2) is 9.97 Å². The van der Waals surface area contributed by atoms with Gasteiger partial charge >= 0.3 is 0 Å². The number of hydrogen-bond donors (Lipinski definition) is 1. The van der Waals surface area contributed by atoms with Gasteiger partial charge in [-0.2, -0.15) is 0 Å². The number of pyridine rings is 1. The fraction of sp³-hybridized carbons (Fsp3) is 0.391. The van der Waals surface area contributed by atoms with E-state index in [9.17, 15) is 9.59 Å². The predicted octanol–water partition coefficient (Wildman–Crippen LogP) is 3.99. The van der Waals surface area contributed by atoms with Crippen LogP contribution in [0.5, 0.6) is 0 Å². The highest BCUT2D eigenvalue weighted by atomic mass is 32.2. The Hall–Kier alpha value is -2.67. The smallest absolute Gasteiger partial charge is 0.230 e. The molecule has 1 saturated carbocycles. The largest absolute Gasteiger partial charge is 0.355 e. The molecule has 1 N–H and O–H groups in total. The summed E-state index contributed by atoms with van der Waals surface area (Å²) in [5, 5.41) is 4.51. The average Bonchev–Trinajstić information content (AvgIpc) is 3.21. The summed E-state index contributed by atoms with van der Waals surface area (Å²) in [6.45, 7) is 0.757. The highest BCUT2D eigenvalue weighted by Crippen LogP contribution is 2.26. The number of imidazole rings is 1. The molecule has 4 rings (SSSR count). The van der Waals surface area contributed by atoms with E-state index >= 15 is 0 Å². The number of amides is 1. The van der Waals surface area contributed by atoms with Gasteiger partial charge in [0, 0.05) is 36.9 Å². The van der Waals surface area contributed by atoms with Crippen molar-refractivity contribution >= 4 is 34.4 Å².